The zero-order valence-corrected chi connectivity index (χ0v) is 42.9. The van der Waals surface area contributed by atoms with Gasteiger partial charge in [0, 0.05) is 88.7 Å². The number of piperidine rings is 7. The van der Waals surface area contributed by atoms with Crippen molar-refractivity contribution in [1.82, 2.24) is 69.9 Å². The Bertz CT molecular complexity index is 1690. The first-order valence-corrected chi connectivity index (χ1v) is 29.0. The Hall–Kier alpha value is -1.30. The van der Waals surface area contributed by atoms with Crippen LogP contribution in [0.3, 0.4) is 0 Å². The molecular weight excluding hydrogens is 833 g/mol. The van der Waals surface area contributed by atoms with Gasteiger partial charge in [-0.2, -0.15) is 0 Å². The predicted octanol–water partition coefficient (Wildman–Crippen LogP) is 4.42. The smallest absolute Gasteiger partial charge is 0.135 e. The van der Waals surface area contributed by atoms with E-state index in [1.54, 1.807) is 0 Å². The van der Waals surface area contributed by atoms with Gasteiger partial charge in [-0.05, 0) is 181 Å². The summed E-state index contributed by atoms with van der Waals surface area (Å²) in [5, 5.41) is 21.7. The van der Waals surface area contributed by atoms with Gasteiger partial charge in [-0.1, -0.05) is 26.7 Å². The van der Waals surface area contributed by atoms with Crippen molar-refractivity contribution >= 4 is 0 Å². The lowest BCUT2D eigenvalue weighted by Gasteiger charge is -2.74. The molecule has 67 heavy (non-hydrogen) atoms. The van der Waals surface area contributed by atoms with Gasteiger partial charge in [0.2, 0.25) is 0 Å². The maximum Gasteiger partial charge on any atom is 0.135 e. The lowest BCUT2D eigenvalue weighted by atomic mass is 9.67. The van der Waals surface area contributed by atoms with Crippen LogP contribution in [0.5, 0.6) is 0 Å². The highest BCUT2D eigenvalue weighted by atomic mass is 15.6. The fourth-order valence-electron chi connectivity index (χ4n) is 17.4. The van der Waals surface area contributed by atoms with Crippen LogP contribution in [-0.4, -0.2) is 220 Å². The monoisotopic (exact) mass is 929 g/mol. The van der Waals surface area contributed by atoms with Gasteiger partial charge >= 0.3 is 0 Å². The number of hydrogen-bond acceptors (Lipinski definition) is 13. The zero-order chi connectivity index (χ0) is 45.4. The summed E-state index contributed by atoms with van der Waals surface area (Å²) in [7, 11) is 2.17. The molecule has 0 saturated carbocycles. The Balaban J connectivity index is 1.09. The van der Waals surface area contributed by atoms with Crippen LogP contribution in [0.15, 0.2) is 6.33 Å². The van der Waals surface area contributed by atoms with Crippen molar-refractivity contribution in [2.45, 2.75) is 190 Å². The Morgan fingerprint density at radius 1 is 0.612 bits per heavy atom. The summed E-state index contributed by atoms with van der Waals surface area (Å²) >= 11 is 0. The summed E-state index contributed by atoms with van der Waals surface area (Å²) in [5.74, 6) is 2.76. The van der Waals surface area contributed by atoms with Gasteiger partial charge in [-0.15, -0.1) is 10.2 Å². The van der Waals surface area contributed by atoms with Crippen molar-refractivity contribution in [2.24, 2.45) is 18.9 Å². The molecule has 14 nitrogen and oxygen atoms in total. The summed E-state index contributed by atoms with van der Waals surface area (Å²) < 4.78 is 2.22. The third-order valence-corrected chi connectivity index (χ3v) is 20.6. The molecule has 10 aliphatic rings. The molecule has 3 N–H and O–H groups in total. The molecule has 0 amide bonds. The van der Waals surface area contributed by atoms with Gasteiger partial charge in [0.1, 0.15) is 12.2 Å². The first kappa shape index (κ1) is 48.0. The number of rotatable bonds is 13. The van der Waals surface area contributed by atoms with E-state index >= 15 is 0 Å². The summed E-state index contributed by atoms with van der Waals surface area (Å²) in [4.78, 5) is 25.3. The van der Waals surface area contributed by atoms with E-state index in [1.807, 2.05) is 6.33 Å². The fourth-order valence-corrected chi connectivity index (χ4v) is 17.4. The van der Waals surface area contributed by atoms with Gasteiger partial charge in [0.25, 0.3) is 0 Å². The largest absolute Gasteiger partial charge is 0.320 e. The second-order valence-electron chi connectivity index (χ2n) is 23.6. The highest BCUT2D eigenvalue weighted by molar-refractivity contribution is 5.21. The van der Waals surface area contributed by atoms with Crippen LogP contribution < -0.4 is 16.0 Å². The molecule has 10 unspecified atom stereocenters. The molecule has 0 spiro atoms. The molecular formula is C53H96N14. The Kier molecular flexibility index (Phi) is 15.3. The normalized spacial score (nSPS) is 40.5. The molecule has 10 atom stereocenters. The number of likely N-dealkylation sites (tertiary alicyclic amines) is 7. The summed E-state index contributed by atoms with van der Waals surface area (Å²) in [5.41, 5.74) is -0.173. The van der Waals surface area contributed by atoms with Crippen LogP contribution >= 0.6 is 0 Å². The van der Waals surface area contributed by atoms with Crippen molar-refractivity contribution in [1.29, 1.82) is 0 Å². The van der Waals surface area contributed by atoms with Crippen LogP contribution in [0.1, 0.15) is 148 Å². The van der Waals surface area contributed by atoms with E-state index in [0.29, 0.717) is 48.2 Å². The van der Waals surface area contributed by atoms with Crippen LogP contribution in [0.4, 0.5) is 0 Å². The SMILES string of the molecule is CCN(CC)C1CCN(C2(C3CCNC3)CCCCN2C2CC(c3nncn3C)CCN2)C(C2CCNC2)(N2CCC(N3CCC3)CC2N2CCCCC2)C1N1CCC(N2CCCCC2)CC1. The van der Waals surface area contributed by atoms with Gasteiger partial charge < -0.3 is 30.3 Å². The van der Waals surface area contributed by atoms with Gasteiger partial charge in [-0.25, -0.2) is 0 Å². The average molecular weight is 929 g/mol. The molecule has 0 radical (unpaired) electrons. The highest BCUT2D eigenvalue weighted by Crippen LogP contribution is 2.56. The van der Waals surface area contributed by atoms with E-state index in [2.05, 4.69) is 85.7 Å². The maximum atomic E-state index is 4.79. The number of nitrogens with zero attached hydrogens (tertiary/aromatic N) is 11. The van der Waals surface area contributed by atoms with E-state index in [0.717, 1.165) is 64.7 Å². The van der Waals surface area contributed by atoms with Crippen molar-refractivity contribution in [3.63, 3.8) is 0 Å². The third kappa shape index (κ3) is 8.94. The Morgan fingerprint density at radius 2 is 1.28 bits per heavy atom. The second-order valence-corrected chi connectivity index (χ2v) is 23.6. The standard InChI is InChI=1S/C53H96N14/c1-4-60(5-2)47-21-36-67(52(43-16-23-54-39-43)22-8-13-32-65(52)48-37-42(15-25-56-48)51-58-57-41-59(51)3)53(44-17-24-55-40-44,50(47)64-33-18-45(19-34-64)61-26-9-6-10-27-61)66-35-20-46(62-30-14-31-62)38-49(66)63-28-11-7-12-29-63/h41-50,54-56H,4-40H2,1-3H3. The molecule has 14 heteroatoms. The molecule has 1 aromatic rings. The minimum atomic E-state index is -0.120. The number of hydrogen-bond donors (Lipinski definition) is 3. The molecule has 10 aliphatic heterocycles. The number of aromatic nitrogens is 3. The van der Waals surface area contributed by atoms with Crippen molar-refractivity contribution < 1.29 is 0 Å². The molecule has 1 aromatic heterocycles. The van der Waals surface area contributed by atoms with Gasteiger partial charge in [0.05, 0.1) is 29.7 Å². The molecule has 11 heterocycles. The molecule has 11 rings (SSSR count). The third-order valence-electron chi connectivity index (χ3n) is 20.6. The second kappa shape index (κ2) is 21.4. The quantitative estimate of drug-likeness (QED) is 0.261. The molecule has 0 bridgehead atoms. The number of aryl methyl sites for hydroxylation is 1. The molecule has 378 valence electrons. The van der Waals surface area contributed by atoms with E-state index in [4.69, 9.17) is 5.10 Å². The minimum Gasteiger partial charge on any atom is -0.320 e. The van der Waals surface area contributed by atoms with Crippen LogP contribution in [0, 0.1) is 11.8 Å². The van der Waals surface area contributed by atoms with E-state index in [1.165, 1.54) is 187 Å². The van der Waals surface area contributed by atoms with E-state index in [-0.39, 0.29) is 11.3 Å². The first-order chi connectivity index (χ1) is 33.0. The van der Waals surface area contributed by atoms with Crippen LogP contribution in [0.25, 0.3) is 0 Å². The molecule has 10 fully saturated rings. The van der Waals surface area contributed by atoms with Gasteiger partial charge in [-0.3, -0.25) is 29.4 Å². The zero-order valence-electron chi connectivity index (χ0n) is 42.9. The average Bonchev–Trinajstić information content (AvgIpc) is 4.20. The fraction of sp³-hybridized carbons (Fsp3) is 0.962. The van der Waals surface area contributed by atoms with Crippen molar-refractivity contribution in [3.8, 4) is 0 Å². The summed E-state index contributed by atoms with van der Waals surface area (Å²) in [6, 6.07) is 2.45. The summed E-state index contributed by atoms with van der Waals surface area (Å²) in [6.45, 7) is 26.9. The summed E-state index contributed by atoms with van der Waals surface area (Å²) in [6.07, 6.45) is 27.8. The van der Waals surface area contributed by atoms with E-state index < -0.39 is 0 Å². The molecule has 0 aromatic carbocycles. The molecule has 10 saturated heterocycles. The van der Waals surface area contributed by atoms with Crippen LogP contribution in [0.2, 0.25) is 0 Å². The lowest BCUT2D eigenvalue weighted by Crippen LogP contribution is -2.89. The minimum absolute atomic E-state index is 0.0524. The van der Waals surface area contributed by atoms with Crippen molar-refractivity contribution in [3.05, 3.63) is 12.2 Å². The predicted molar refractivity (Wildman–Crippen MR) is 270 cm³/mol. The topological polar surface area (TPSA) is 92.7 Å². The maximum absolute atomic E-state index is 4.79. The van der Waals surface area contributed by atoms with Crippen molar-refractivity contribution in [2.75, 3.05) is 118 Å². The molecule has 0 aliphatic carbocycles. The Morgan fingerprint density at radius 3 is 1.94 bits per heavy atom. The lowest BCUT2D eigenvalue weighted by molar-refractivity contribution is -0.296. The number of nitrogens with one attached hydrogen (secondary N) is 3. The Labute approximate surface area is 407 Å². The highest BCUT2D eigenvalue weighted by Gasteiger charge is 2.69. The van der Waals surface area contributed by atoms with Gasteiger partial charge in [0.15, 0.2) is 0 Å². The van der Waals surface area contributed by atoms with E-state index in [9.17, 15) is 0 Å². The number of likely N-dealkylation sites (N-methyl/N-ethyl adjacent to an activating group) is 1. The first-order valence-electron chi connectivity index (χ1n) is 29.0. The van der Waals surface area contributed by atoms with Crippen LogP contribution in [-0.2, 0) is 7.05 Å².